The normalized spacial score (nSPS) is 11.8. The van der Waals surface area contributed by atoms with Crippen molar-refractivity contribution >= 4 is 23.2 Å². The first-order valence-corrected chi connectivity index (χ1v) is 7.32. The van der Waals surface area contributed by atoms with Gasteiger partial charge in [-0.3, -0.25) is 4.79 Å². The summed E-state index contributed by atoms with van der Waals surface area (Å²) < 4.78 is 5.81. The summed E-state index contributed by atoms with van der Waals surface area (Å²) in [6.45, 7) is 3.88. The number of carbonyl (C=O) groups excluding carboxylic acids is 1. The Morgan fingerprint density at radius 3 is 2.43 bits per heavy atom. The molecule has 0 fully saturated rings. The number of halogens is 1. The average Bonchev–Trinajstić information content (AvgIpc) is 2.50. The summed E-state index contributed by atoms with van der Waals surface area (Å²) >= 11 is 6.09. The van der Waals surface area contributed by atoms with Crippen molar-refractivity contribution in [1.82, 2.24) is 0 Å². The van der Waals surface area contributed by atoms with E-state index in [1.807, 2.05) is 44.2 Å². The summed E-state index contributed by atoms with van der Waals surface area (Å²) in [7, 11) is 0. The molecule has 1 N–H and O–H groups in total. The van der Waals surface area contributed by atoms with E-state index in [1.54, 1.807) is 18.2 Å². The minimum absolute atomic E-state index is 0.0206. The molecule has 1 amide bonds. The van der Waals surface area contributed by atoms with Crippen LogP contribution in [0.25, 0.3) is 0 Å². The van der Waals surface area contributed by atoms with Crippen LogP contribution < -0.4 is 10.1 Å². The van der Waals surface area contributed by atoms with E-state index >= 15 is 0 Å². The first-order chi connectivity index (χ1) is 10.1. The number of benzene rings is 2. The van der Waals surface area contributed by atoms with Crippen molar-refractivity contribution in [2.45, 2.75) is 20.3 Å². The van der Waals surface area contributed by atoms with Crippen molar-refractivity contribution in [2.24, 2.45) is 5.92 Å². The molecule has 1 atom stereocenters. The lowest BCUT2D eigenvalue weighted by molar-refractivity contribution is -0.119. The van der Waals surface area contributed by atoms with E-state index in [0.29, 0.717) is 22.2 Å². The highest BCUT2D eigenvalue weighted by molar-refractivity contribution is 6.32. The lowest BCUT2D eigenvalue weighted by atomic mass is 10.1. The number of hydrogen-bond acceptors (Lipinski definition) is 2. The van der Waals surface area contributed by atoms with Gasteiger partial charge in [0, 0.05) is 5.92 Å². The lowest BCUT2D eigenvalue weighted by Gasteiger charge is -2.14. The van der Waals surface area contributed by atoms with Gasteiger partial charge >= 0.3 is 0 Å². The number of anilines is 1. The van der Waals surface area contributed by atoms with Crippen molar-refractivity contribution in [3.8, 4) is 11.5 Å². The number of nitrogens with one attached hydrogen (secondary N) is 1. The molecule has 0 bridgehead atoms. The predicted octanol–water partition coefficient (Wildman–Crippen LogP) is 5.12. The summed E-state index contributed by atoms with van der Waals surface area (Å²) in [5.41, 5.74) is 0.641. The first kappa shape index (κ1) is 15.4. The number of hydrogen-bond donors (Lipinski definition) is 1. The highest BCUT2D eigenvalue weighted by atomic mass is 35.5. The Morgan fingerprint density at radius 1 is 1.14 bits per heavy atom. The molecule has 2 aromatic carbocycles. The van der Waals surface area contributed by atoms with Crippen LogP contribution in [0, 0.1) is 5.92 Å². The molecule has 0 spiro atoms. The zero-order valence-electron chi connectivity index (χ0n) is 12.1. The van der Waals surface area contributed by atoms with Crippen LogP contribution in [-0.2, 0) is 4.79 Å². The fourth-order valence-corrected chi connectivity index (χ4v) is 1.92. The Hall–Kier alpha value is -2.00. The van der Waals surface area contributed by atoms with Gasteiger partial charge in [0.15, 0.2) is 5.75 Å². The molecule has 0 aliphatic carbocycles. The van der Waals surface area contributed by atoms with Crippen LogP contribution in [0.2, 0.25) is 5.02 Å². The highest BCUT2D eigenvalue weighted by Crippen LogP contribution is 2.33. The van der Waals surface area contributed by atoms with Crippen LogP contribution in [-0.4, -0.2) is 5.91 Å². The van der Waals surface area contributed by atoms with E-state index in [4.69, 9.17) is 16.3 Å². The molecule has 0 unspecified atom stereocenters. The van der Waals surface area contributed by atoms with E-state index in [-0.39, 0.29) is 11.8 Å². The Labute approximate surface area is 129 Å². The minimum atomic E-state index is -0.0432. The second-order valence-electron chi connectivity index (χ2n) is 4.83. The third-order valence-corrected chi connectivity index (χ3v) is 3.57. The van der Waals surface area contributed by atoms with Gasteiger partial charge in [0.25, 0.3) is 0 Å². The molecular formula is C17H18ClNO2. The number of amides is 1. The number of rotatable bonds is 5. The van der Waals surface area contributed by atoms with Crippen LogP contribution in [0.1, 0.15) is 20.3 Å². The fourth-order valence-electron chi connectivity index (χ4n) is 1.75. The molecule has 2 aromatic rings. The minimum Gasteiger partial charge on any atom is -0.454 e. The van der Waals surface area contributed by atoms with Crippen molar-refractivity contribution in [2.75, 3.05) is 5.32 Å². The molecule has 0 aliphatic heterocycles. The summed E-state index contributed by atoms with van der Waals surface area (Å²) in [6, 6.07) is 14.6. The predicted molar refractivity (Wildman–Crippen MR) is 86.1 cm³/mol. The first-order valence-electron chi connectivity index (χ1n) is 6.94. The molecule has 0 saturated heterocycles. The van der Waals surface area contributed by atoms with Gasteiger partial charge in [-0.15, -0.1) is 0 Å². The Bertz CT molecular complexity index is 628. The zero-order chi connectivity index (χ0) is 15.2. The summed E-state index contributed by atoms with van der Waals surface area (Å²) in [4.78, 5) is 12.0. The summed E-state index contributed by atoms with van der Waals surface area (Å²) in [6.07, 6.45) is 0.791. The molecular weight excluding hydrogens is 286 g/mol. The molecule has 0 saturated carbocycles. The number of ether oxygens (including phenoxy) is 1. The van der Waals surface area contributed by atoms with Crippen molar-refractivity contribution in [3.63, 3.8) is 0 Å². The van der Waals surface area contributed by atoms with E-state index in [0.717, 1.165) is 6.42 Å². The van der Waals surface area contributed by atoms with Crippen LogP contribution >= 0.6 is 11.6 Å². The van der Waals surface area contributed by atoms with Gasteiger partial charge in [0.1, 0.15) is 5.75 Å². The van der Waals surface area contributed by atoms with Crippen molar-refractivity contribution in [1.29, 1.82) is 0 Å². The van der Waals surface area contributed by atoms with E-state index in [9.17, 15) is 4.79 Å². The summed E-state index contributed by atoms with van der Waals surface area (Å²) in [5, 5.41) is 3.42. The standard InChI is InChI=1S/C17H18ClNO2/c1-3-12(2)17(20)19-14-9-5-7-11-16(14)21-15-10-6-4-8-13(15)18/h4-12H,3H2,1-2H3,(H,19,20)/t12-/m1/s1. The van der Waals surface area contributed by atoms with Crippen LogP contribution in [0.5, 0.6) is 11.5 Å². The second-order valence-corrected chi connectivity index (χ2v) is 5.23. The number of para-hydroxylation sites is 3. The van der Waals surface area contributed by atoms with Gasteiger partial charge in [0.2, 0.25) is 5.91 Å². The summed E-state index contributed by atoms with van der Waals surface area (Å²) in [5.74, 6) is 1.07. The lowest BCUT2D eigenvalue weighted by Crippen LogP contribution is -2.19. The Balaban J connectivity index is 2.21. The van der Waals surface area contributed by atoms with Gasteiger partial charge in [-0.1, -0.05) is 49.7 Å². The van der Waals surface area contributed by atoms with Crippen LogP contribution in [0.4, 0.5) is 5.69 Å². The molecule has 4 heteroatoms. The molecule has 0 aromatic heterocycles. The largest absolute Gasteiger partial charge is 0.454 e. The topological polar surface area (TPSA) is 38.3 Å². The van der Waals surface area contributed by atoms with Crippen molar-refractivity contribution in [3.05, 3.63) is 53.6 Å². The van der Waals surface area contributed by atoms with Gasteiger partial charge in [0.05, 0.1) is 10.7 Å². The van der Waals surface area contributed by atoms with Gasteiger partial charge in [-0.25, -0.2) is 0 Å². The van der Waals surface area contributed by atoms with E-state index < -0.39 is 0 Å². The molecule has 110 valence electrons. The maximum Gasteiger partial charge on any atom is 0.227 e. The SMILES string of the molecule is CC[C@@H](C)C(=O)Nc1ccccc1Oc1ccccc1Cl. The van der Waals surface area contributed by atoms with Gasteiger partial charge in [-0.05, 0) is 30.7 Å². The Morgan fingerprint density at radius 2 is 1.76 bits per heavy atom. The second kappa shape index (κ2) is 7.14. The molecule has 3 nitrogen and oxygen atoms in total. The highest BCUT2D eigenvalue weighted by Gasteiger charge is 2.13. The quantitative estimate of drug-likeness (QED) is 0.833. The smallest absolute Gasteiger partial charge is 0.227 e. The molecule has 21 heavy (non-hydrogen) atoms. The third-order valence-electron chi connectivity index (χ3n) is 3.26. The van der Waals surface area contributed by atoms with Crippen molar-refractivity contribution < 1.29 is 9.53 Å². The zero-order valence-corrected chi connectivity index (χ0v) is 12.9. The van der Waals surface area contributed by atoms with E-state index in [2.05, 4.69) is 5.32 Å². The van der Waals surface area contributed by atoms with Crippen LogP contribution in [0.15, 0.2) is 48.5 Å². The van der Waals surface area contributed by atoms with Gasteiger partial charge in [-0.2, -0.15) is 0 Å². The molecule has 0 aliphatic rings. The monoisotopic (exact) mass is 303 g/mol. The Kier molecular flexibility index (Phi) is 5.23. The molecule has 0 radical (unpaired) electrons. The maximum absolute atomic E-state index is 12.0. The fraction of sp³-hybridized carbons (Fsp3) is 0.235. The maximum atomic E-state index is 12.0. The molecule has 0 heterocycles. The van der Waals surface area contributed by atoms with Gasteiger partial charge < -0.3 is 10.1 Å². The van der Waals surface area contributed by atoms with Crippen LogP contribution in [0.3, 0.4) is 0 Å². The average molecular weight is 304 g/mol. The van der Waals surface area contributed by atoms with E-state index in [1.165, 1.54) is 0 Å². The third kappa shape index (κ3) is 3.99. The number of carbonyl (C=O) groups is 1. The molecule has 2 rings (SSSR count).